The van der Waals surface area contributed by atoms with E-state index < -0.39 is 44.1 Å². The topological polar surface area (TPSA) is 102 Å². The van der Waals surface area contributed by atoms with Gasteiger partial charge in [-0.15, -0.1) is 11.8 Å². The minimum atomic E-state index is -3.38. The molecule has 0 saturated heterocycles. The number of sulfone groups is 1. The van der Waals surface area contributed by atoms with E-state index in [1.165, 1.54) is 59.4 Å². The summed E-state index contributed by atoms with van der Waals surface area (Å²) >= 11 is 1.17. The average Bonchev–Trinajstić information content (AvgIpc) is 3.28. The largest absolute Gasteiger partial charge is 0.389 e. The van der Waals surface area contributed by atoms with Crippen LogP contribution in [0, 0.1) is 11.6 Å². The highest BCUT2D eigenvalue weighted by Crippen LogP contribution is 2.32. The van der Waals surface area contributed by atoms with E-state index in [1.807, 2.05) is 0 Å². The Bertz CT molecular complexity index is 1220. The van der Waals surface area contributed by atoms with Gasteiger partial charge in [-0.3, -0.25) is 4.79 Å². The van der Waals surface area contributed by atoms with Gasteiger partial charge in [-0.1, -0.05) is 25.1 Å². The van der Waals surface area contributed by atoms with Crippen LogP contribution in [0.25, 0.3) is 0 Å². The SMILES string of the molecule is CC(SC(C)C(O)C(c1ccc(F)cc1F)n1cncn1)C(=O)c1ccc(S(C)(=O)=O)cc1. The van der Waals surface area contributed by atoms with Crippen molar-refractivity contribution in [2.24, 2.45) is 0 Å². The van der Waals surface area contributed by atoms with Gasteiger partial charge in [-0.25, -0.2) is 26.9 Å². The number of carbonyl (C=O) groups is 1. The minimum absolute atomic E-state index is 0.0391. The molecule has 0 amide bonds. The molecular formula is C22H23F2N3O4S2. The number of aromatic nitrogens is 3. The number of aliphatic hydroxyl groups excluding tert-OH is 1. The van der Waals surface area contributed by atoms with Crippen molar-refractivity contribution >= 4 is 27.4 Å². The normalized spacial score (nSPS) is 15.6. The molecule has 0 spiro atoms. The molecule has 0 radical (unpaired) electrons. The summed E-state index contributed by atoms with van der Waals surface area (Å²) in [4.78, 5) is 16.8. The zero-order valence-electron chi connectivity index (χ0n) is 18.1. The molecule has 1 heterocycles. The van der Waals surface area contributed by atoms with Crippen LogP contribution in [0.5, 0.6) is 0 Å². The third kappa shape index (κ3) is 5.84. The van der Waals surface area contributed by atoms with Gasteiger partial charge < -0.3 is 5.11 Å². The Balaban J connectivity index is 1.79. The Morgan fingerprint density at radius 3 is 2.33 bits per heavy atom. The van der Waals surface area contributed by atoms with E-state index >= 15 is 0 Å². The second-order valence-electron chi connectivity index (χ2n) is 7.62. The number of Topliss-reactive ketones (excluding diaryl/α,β-unsaturated/α-hetero) is 1. The van der Waals surface area contributed by atoms with Gasteiger partial charge in [0.1, 0.15) is 30.3 Å². The van der Waals surface area contributed by atoms with Gasteiger partial charge >= 0.3 is 0 Å². The van der Waals surface area contributed by atoms with E-state index in [4.69, 9.17) is 0 Å². The molecule has 2 aromatic carbocycles. The van der Waals surface area contributed by atoms with Gasteiger partial charge in [0.2, 0.25) is 0 Å². The zero-order valence-corrected chi connectivity index (χ0v) is 19.7. The second-order valence-corrected chi connectivity index (χ2v) is 11.4. The van der Waals surface area contributed by atoms with Crippen LogP contribution in [-0.4, -0.2) is 56.9 Å². The maximum absolute atomic E-state index is 14.5. The standard InChI is InChI=1S/C22H23F2N3O4S2/c1-13(21(28)15-4-7-17(8-5-15)33(3,30)31)32-14(2)22(29)20(27-12-25-11-26-27)18-9-6-16(23)10-19(18)24/h4-14,20,22,29H,1-3H3. The van der Waals surface area contributed by atoms with Gasteiger partial charge in [0.05, 0.1) is 16.2 Å². The molecule has 0 bridgehead atoms. The first-order valence-corrected chi connectivity index (χ1v) is 12.8. The van der Waals surface area contributed by atoms with Crippen LogP contribution in [0.15, 0.2) is 60.0 Å². The summed E-state index contributed by atoms with van der Waals surface area (Å²) in [5.41, 5.74) is 0.374. The predicted octanol–water partition coefficient (Wildman–Crippen LogP) is 3.30. The van der Waals surface area contributed by atoms with Crippen molar-refractivity contribution in [3.8, 4) is 0 Å². The van der Waals surface area contributed by atoms with Gasteiger partial charge in [-0.05, 0) is 25.1 Å². The Hall–Kier alpha value is -2.63. The summed E-state index contributed by atoms with van der Waals surface area (Å²) in [7, 11) is -3.38. The van der Waals surface area contributed by atoms with E-state index in [9.17, 15) is 27.1 Å². The molecule has 1 aromatic heterocycles. The molecular weight excluding hydrogens is 472 g/mol. The Morgan fingerprint density at radius 2 is 1.79 bits per heavy atom. The number of benzene rings is 2. The summed E-state index contributed by atoms with van der Waals surface area (Å²) in [5, 5.41) is 13.9. The molecule has 0 saturated carbocycles. The molecule has 0 aliphatic carbocycles. The van der Waals surface area contributed by atoms with Crippen molar-refractivity contribution in [3.05, 3.63) is 77.9 Å². The number of halogens is 2. The van der Waals surface area contributed by atoms with Crippen LogP contribution in [0.2, 0.25) is 0 Å². The van der Waals surface area contributed by atoms with Crippen molar-refractivity contribution in [1.29, 1.82) is 0 Å². The highest BCUT2D eigenvalue weighted by atomic mass is 32.2. The fraction of sp³-hybridized carbons (Fsp3) is 0.318. The van der Waals surface area contributed by atoms with Crippen LogP contribution >= 0.6 is 11.8 Å². The molecule has 33 heavy (non-hydrogen) atoms. The van der Waals surface area contributed by atoms with Gasteiger partial charge in [0.15, 0.2) is 15.6 Å². The van der Waals surface area contributed by atoms with Crippen LogP contribution in [0.4, 0.5) is 8.78 Å². The first-order chi connectivity index (χ1) is 15.5. The van der Waals surface area contributed by atoms with Crippen molar-refractivity contribution in [2.75, 3.05) is 6.26 Å². The number of ketones is 1. The first-order valence-electron chi connectivity index (χ1n) is 9.96. The fourth-order valence-corrected chi connectivity index (χ4v) is 5.25. The van der Waals surface area contributed by atoms with Gasteiger partial charge in [0, 0.05) is 28.7 Å². The van der Waals surface area contributed by atoms with E-state index in [1.54, 1.807) is 13.8 Å². The molecule has 0 fully saturated rings. The zero-order chi connectivity index (χ0) is 24.3. The molecule has 3 rings (SSSR count). The lowest BCUT2D eigenvalue weighted by Gasteiger charge is -2.29. The second kappa shape index (κ2) is 10.1. The molecule has 11 heteroatoms. The molecule has 3 aromatic rings. The molecule has 1 N–H and O–H groups in total. The molecule has 0 aliphatic rings. The maximum atomic E-state index is 14.5. The summed E-state index contributed by atoms with van der Waals surface area (Å²) in [5.74, 6) is -1.82. The van der Waals surface area contributed by atoms with Crippen LogP contribution < -0.4 is 0 Å². The van der Waals surface area contributed by atoms with E-state index in [0.29, 0.717) is 5.56 Å². The Labute approximate surface area is 194 Å². The average molecular weight is 496 g/mol. The monoisotopic (exact) mass is 495 g/mol. The summed E-state index contributed by atoms with van der Waals surface area (Å²) in [6.45, 7) is 3.36. The van der Waals surface area contributed by atoms with Crippen molar-refractivity contribution in [3.63, 3.8) is 0 Å². The lowest BCUT2D eigenvalue weighted by molar-refractivity contribution is 0.0992. The quantitative estimate of drug-likeness (QED) is 0.455. The molecule has 7 nitrogen and oxygen atoms in total. The molecule has 176 valence electrons. The minimum Gasteiger partial charge on any atom is -0.389 e. The first kappa shape index (κ1) is 25.0. The van der Waals surface area contributed by atoms with Gasteiger partial charge in [-0.2, -0.15) is 5.10 Å². The number of hydrogen-bond acceptors (Lipinski definition) is 7. The number of carbonyl (C=O) groups excluding carboxylic acids is 1. The predicted molar refractivity (Wildman–Crippen MR) is 121 cm³/mol. The number of rotatable bonds is 9. The lowest BCUT2D eigenvalue weighted by atomic mass is 9.99. The van der Waals surface area contributed by atoms with E-state index in [0.717, 1.165) is 18.4 Å². The third-order valence-corrected chi connectivity index (χ3v) is 7.62. The van der Waals surface area contributed by atoms with Crippen LogP contribution in [0.1, 0.15) is 35.8 Å². The van der Waals surface area contributed by atoms with Crippen molar-refractivity contribution < 1.29 is 27.1 Å². The number of thioether (sulfide) groups is 1. The summed E-state index contributed by atoms with van der Waals surface area (Å²) in [6.07, 6.45) is 2.46. The van der Waals surface area contributed by atoms with E-state index in [2.05, 4.69) is 10.1 Å². The van der Waals surface area contributed by atoms with Crippen molar-refractivity contribution in [1.82, 2.24) is 14.8 Å². The third-order valence-electron chi connectivity index (χ3n) is 5.16. The Kier molecular flexibility index (Phi) is 7.65. The van der Waals surface area contributed by atoms with Gasteiger partial charge in [0.25, 0.3) is 0 Å². The molecule has 4 atom stereocenters. The summed E-state index contributed by atoms with van der Waals surface area (Å²) < 4.78 is 52.5. The number of nitrogens with zero attached hydrogens (tertiary/aromatic N) is 3. The Morgan fingerprint density at radius 1 is 1.12 bits per heavy atom. The summed E-state index contributed by atoms with van der Waals surface area (Å²) in [6, 6.07) is 7.72. The highest BCUT2D eigenvalue weighted by molar-refractivity contribution is 8.01. The van der Waals surface area contributed by atoms with Crippen molar-refractivity contribution in [2.45, 2.75) is 41.4 Å². The maximum Gasteiger partial charge on any atom is 0.175 e. The van der Waals surface area contributed by atoms with Crippen LogP contribution in [0.3, 0.4) is 0 Å². The lowest BCUT2D eigenvalue weighted by Crippen LogP contribution is -2.35. The van der Waals surface area contributed by atoms with Crippen LogP contribution in [-0.2, 0) is 9.84 Å². The fourth-order valence-electron chi connectivity index (χ4n) is 3.41. The smallest absolute Gasteiger partial charge is 0.175 e. The van der Waals surface area contributed by atoms with E-state index in [-0.39, 0.29) is 16.2 Å². The number of hydrogen-bond donors (Lipinski definition) is 1. The number of aliphatic hydroxyl groups is 1. The molecule has 4 unspecified atom stereocenters. The highest BCUT2D eigenvalue weighted by Gasteiger charge is 2.33. The molecule has 0 aliphatic heterocycles.